The normalized spacial score (nSPS) is 21.4. The van der Waals surface area contributed by atoms with Crippen LogP contribution in [-0.4, -0.2) is 12.6 Å². The number of hydrogen-bond donors (Lipinski definition) is 1. The number of aryl methyl sites for hydroxylation is 2. The van der Waals surface area contributed by atoms with Crippen LogP contribution in [0, 0.1) is 6.92 Å². The Hall–Kier alpha value is -0.820. The molecule has 0 aliphatic carbocycles. The van der Waals surface area contributed by atoms with Gasteiger partial charge in [-0.3, -0.25) is 0 Å². The van der Waals surface area contributed by atoms with Gasteiger partial charge in [-0.1, -0.05) is 29.8 Å². The molecule has 1 heteroatoms. The Morgan fingerprint density at radius 2 is 2.36 bits per heavy atom. The van der Waals surface area contributed by atoms with E-state index in [1.165, 1.54) is 43.4 Å². The lowest BCUT2D eigenvalue weighted by molar-refractivity contribution is 0.559. The average Bonchev–Trinajstić information content (AvgIpc) is 2.67. The van der Waals surface area contributed by atoms with Crippen LogP contribution in [0.1, 0.15) is 30.4 Å². The summed E-state index contributed by atoms with van der Waals surface area (Å²) in [6, 6.07) is 9.64. The van der Waals surface area contributed by atoms with Crippen molar-refractivity contribution in [2.75, 3.05) is 6.54 Å². The summed E-state index contributed by atoms with van der Waals surface area (Å²) in [5.41, 5.74) is 2.86. The molecule has 0 saturated carbocycles. The van der Waals surface area contributed by atoms with Gasteiger partial charge in [0.05, 0.1) is 0 Å². The highest BCUT2D eigenvalue weighted by Gasteiger charge is 2.13. The Bertz CT molecular complexity index is 287. The monoisotopic (exact) mass is 189 g/mol. The van der Waals surface area contributed by atoms with E-state index < -0.39 is 0 Å². The van der Waals surface area contributed by atoms with E-state index in [4.69, 9.17) is 0 Å². The van der Waals surface area contributed by atoms with Gasteiger partial charge in [0.25, 0.3) is 0 Å². The summed E-state index contributed by atoms with van der Waals surface area (Å²) in [5.74, 6) is 0. The number of rotatable bonds is 3. The molecule has 0 bridgehead atoms. The predicted molar refractivity (Wildman–Crippen MR) is 60.5 cm³/mol. The zero-order valence-corrected chi connectivity index (χ0v) is 8.92. The van der Waals surface area contributed by atoms with Gasteiger partial charge in [-0.2, -0.15) is 0 Å². The van der Waals surface area contributed by atoms with Crippen LogP contribution in [0.5, 0.6) is 0 Å². The zero-order valence-electron chi connectivity index (χ0n) is 8.92. The molecule has 0 aromatic heterocycles. The van der Waals surface area contributed by atoms with E-state index in [-0.39, 0.29) is 0 Å². The first kappa shape index (κ1) is 9.72. The van der Waals surface area contributed by atoms with E-state index in [1.54, 1.807) is 0 Å². The Morgan fingerprint density at radius 3 is 3.07 bits per heavy atom. The van der Waals surface area contributed by atoms with Crippen LogP contribution in [-0.2, 0) is 6.42 Å². The largest absolute Gasteiger partial charge is 0.314 e. The van der Waals surface area contributed by atoms with Crippen molar-refractivity contribution in [3.63, 3.8) is 0 Å². The summed E-state index contributed by atoms with van der Waals surface area (Å²) < 4.78 is 0. The highest BCUT2D eigenvalue weighted by molar-refractivity contribution is 5.22. The van der Waals surface area contributed by atoms with Gasteiger partial charge >= 0.3 is 0 Å². The van der Waals surface area contributed by atoms with Crippen LogP contribution in [0.3, 0.4) is 0 Å². The fourth-order valence-electron chi connectivity index (χ4n) is 2.21. The predicted octanol–water partition coefficient (Wildman–Crippen LogP) is 2.68. The van der Waals surface area contributed by atoms with Crippen molar-refractivity contribution in [1.29, 1.82) is 0 Å². The molecule has 0 radical (unpaired) electrons. The lowest BCUT2D eigenvalue weighted by atomic mass is 10.0. The molecule has 2 rings (SSSR count). The van der Waals surface area contributed by atoms with E-state index >= 15 is 0 Å². The third kappa shape index (κ3) is 2.58. The molecule has 76 valence electrons. The van der Waals surface area contributed by atoms with Gasteiger partial charge in [0, 0.05) is 6.04 Å². The standard InChI is InChI=1S/C13H19N/c1-11-4-2-5-12(10-11)7-8-13-6-3-9-14-13/h2,4-5,10,13-14H,3,6-9H2,1H3. The van der Waals surface area contributed by atoms with Gasteiger partial charge in [0.1, 0.15) is 0 Å². The lowest BCUT2D eigenvalue weighted by Gasteiger charge is -2.09. The maximum Gasteiger partial charge on any atom is 0.00707 e. The molecule has 1 heterocycles. The second kappa shape index (κ2) is 4.61. The van der Waals surface area contributed by atoms with Crippen molar-refractivity contribution in [3.8, 4) is 0 Å². The number of benzene rings is 1. The van der Waals surface area contributed by atoms with Crippen molar-refractivity contribution in [2.24, 2.45) is 0 Å². The molecule has 0 amide bonds. The molecule has 1 N–H and O–H groups in total. The van der Waals surface area contributed by atoms with Gasteiger partial charge in [0.2, 0.25) is 0 Å². The van der Waals surface area contributed by atoms with Gasteiger partial charge in [-0.05, 0) is 44.7 Å². The lowest BCUT2D eigenvalue weighted by Crippen LogP contribution is -2.21. The van der Waals surface area contributed by atoms with Gasteiger partial charge in [0.15, 0.2) is 0 Å². The first-order valence-corrected chi connectivity index (χ1v) is 5.63. The van der Waals surface area contributed by atoms with E-state index in [1.807, 2.05) is 0 Å². The van der Waals surface area contributed by atoms with E-state index in [0.717, 1.165) is 6.04 Å². The summed E-state index contributed by atoms with van der Waals surface area (Å²) in [7, 11) is 0. The highest BCUT2D eigenvalue weighted by Crippen LogP contribution is 2.13. The van der Waals surface area contributed by atoms with Crippen LogP contribution < -0.4 is 5.32 Å². The second-order valence-corrected chi connectivity index (χ2v) is 4.32. The van der Waals surface area contributed by atoms with Crippen molar-refractivity contribution in [2.45, 2.75) is 38.6 Å². The first-order valence-electron chi connectivity index (χ1n) is 5.63. The molecule has 1 saturated heterocycles. The van der Waals surface area contributed by atoms with Crippen molar-refractivity contribution in [3.05, 3.63) is 35.4 Å². The fraction of sp³-hybridized carbons (Fsp3) is 0.538. The van der Waals surface area contributed by atoms with E-state index in [9.17, 15) is 0 Å². The van der Waals surface area contributed by atoms with Crippen LogP contribution in [0.2, 0.25) is 0 Å². The summed E-state index contributed by atoms with van der Waals surface area (Å²) >= 11 is 0. The van der Waals surface area contributed by atoms with Crippen LogP contribution in [0.4, 0.5) is 0 Å². The van der Waals surface area contributed by atoms with Crippen LogP contribution in [0.15, 0.2) is 24.3 Å². The molecule has 1 aromatic rings. The maximum atomic E-state index is 3.54. The molecule has 0 spiro atoms. The molecule has 1 aliphatic rings. The zero-order chi connectivity index (χ0) is 9.80. The van der Waals surface area contributed by atoms with Crippen LogP contribution in [0.25, 0.3) is 0 Å². The Morgan fingerprint density at radius 1 is 1.43 bits per heavy atom. The second-order valence-electron chi connectivity index (χ2n) is 4.32. The van der Waals surface area contributed by atoms with Crippen molar-refractivity contribution in [1.82, 2.24) is 5.32 Å². The number of nitrogens with one attached hydrogen (secondary N) is 1. The molecule has 1 aromatic carbocycles. The molecular weight excluding hydrogens is 170 g/mol. The molecule has 1 aliphatic heterocycles. The molecule has 1 nitrogen and oxygen atoms in total. The Balaban J connectivity index is 1.85. The molecular formula is C13H19N. The minimum Gasteiger partial charge on any atom is -0.314 e. The van der Waals surface area contributed by atoms with Crippen molar-refractivity contribution < 1.29 is 0 Å². The molecule has 14 heavy (non-hydrogen) atoms. The average molecular weight is 189 g/mol. The fourth-order valence-corrected chi connectivity index (χ4v) is 2.21. The van der Waals surface area contributed by atoms with E-state index in [0.29, 0.717) is 0 Å². The third-order valence-electron chi connectivity index (χ3n) is 3.03. The van der Waals surface area contributed by atoms with E-state index in [2.05, 4.69) is 36.5 Å². The third-order valence-corrected chi connectivity index (χ3v) is 3.03. The molecule has 1 atom stereocenters. The maximum absolute atomic E-state index is 3.54. The smallest absolute Gasteiger partial charge is 0.00707 e. The summed E-state index contributed by atoms with van der Waals surface area (Å²) in [6.07, 6.45) is 5.24. The summed E-state index contributed by atoms with van der Waals surface area (Å²) in [4.78, 5) is 0. The summed E-state index contributed by atoms with van der Waals surface area (Å²) in [5, 5.41) is 3.54. The van der Waals surface area contributed by atoms with Gasteiger partial charge in [-0.25, -0.2) is 0 Å². The highest BCUT2D eigenvalue weighted by atomic mass is 14.9. The Labute approximate surface area is 86.5 Å². The number of hydrogen-bond acceptors (Lipinski definition) is 1. The minimum absolute atomic E-state index is 0.774. The van der Waals surface area contributed by atoms with Crippen LogP contribution >= 0.6 is 0 Å². The van der Waals surface area contributed by atoms with Gasteiger partial charge < -0.3 is 5.32 Å². The topological polar surface area (TPSA) is 12.0 Å². The first-order chi connectivity index (χ1) is 6.84. The van der Waals surface area contributed by atoms with Crippen molar-refractivity contribution >= 4 is 0 Å². The molecule has 1 unspecified atom stereocenters. The molecule has 1 fully saturated rings. The SMILES string of the molecule is Cc1cccc(CCC2CCCN2)c1. The minimum atomic E-state index is 0.774. The quantitative estimate of drug-likeness (QED) is 0.771. The Kier molecular flexibility index (Phi) is 3.20. The summed E-state index contributed by atoms with van der Waals surface area (Å²) in [6.45, 7) is 3.38. The van der Waals surface area contributed by atoms with Gasteiger partial charge in [-0.15, -0.1) is 0 Å².